The Hall–Kier alpha value is -2.34. The summed E-state index contributed by atoms with van der Waals surface area (Å²) in [7, 11) is 5.60. The van der Waals surface area contributed by atoms with E-state index >= 15 is 0 Å². The van der Waals surface area contributed by atoms with Gasteiger partial charge in [-0.15, -0.1) is 0 Å². The summed E-state index contributed by atoms with van der Waals surface area (Å²) >= 11 is 0. The van der Waals surface area contributed by atoms with Crippen molar-refractivity contribution in [1.29, 1.82) is 0 Å². The van der Waals surface area contributed by atoms with E-state index in [-0.39, 0.29) is 24.0 Å². The molecule has 2 aliphatic heterocycles. The molecule has 6 nitrogen and oxygen atoms in total. The minimum Gasteiger partial charge on any atom is -0.491 e. The third-order valence-corrected chi connectivity index (χ3v) is 5.37. The van der Waals surface area contributed by atoms with Crippen LogP contribution in [0.15, 0.2) is 30.0 Å². The maximum Gasteiger partial charge on any atom is 0.277 e. The molecule has 0 aromatic heterocycles. The summed E-state index contributed by atoms with van der Waals surface area (Å²) in [5, 5.41) is 0. The molecule has 0 aliphatic carbocycles. The zero-order valence-electron chi connectivity index (χ0n) is 16.9. The third-order valence-electron chi connectivity index (χ3n) is 5.37. The van der Waals surface area contributed by atoms with Crippen molar-refractivity contribution in [2.75, 3.05) is 34.2 Å². The van der Waals surface area contributed by atoms with Crippen LogP contribution in [-0.2, 0) is 9.59 Å². The molecule has 0 atom stereocenters. The number of carbonyl (C=O) groups is 2. The van der Waals surface area contributed by atoms with Crippen molar-refractivity contribution in [2.45, 2.75) is 38.8 Å². The molecule has 0 unspecified atom stereocenters. The number of nitrogens with zero attached hydrogens (tertiary/aromatic N) is 3. The first kappa shape index (κ1) is 19.4. The van der Waals surface area contributed by atoms with Gasteiger partial charge in [-0.3, -0.25) is 14.5 Å². The van der Waals surface area contributed by atoms with Crippen molar-refractivity contribution in [1.82, 2.24) is 14.7 Å². The summed E-state index contributed by atoms with van der Waals surface area (Å²) in [6.07, 6.45) is 2.05. The summed E-state index contributed by atoms with van der Waals surface area (Å²) in [6, 6.07) is 7.69. The SMILES string of the molecule is CC(C)Oc1ccc(C2=C(N(C)C3CCN(C)CC3)C(=O)N(C)C2=O)cc1. The summed E-state index contributed by atoms with van der Waals surface area (Å²) in [4.78, 5) is 31.2. The first-order chi connectivity index (χ1) is 12.8. The molecule has 0 saturated carbocycles. The average molecular weight is 371 g/mol. The predicted octanol–water partition coefficient (Wildman–Crippen LogP) is 2.21. The molecule has 0 spiro atoms. The number of piperidine rings is 1. The van der Waals surface area contributed by atoms with E-state index < -0.39 is 0 Å². The van der Waals surface area contributed by atoms with Crippen LogP contribution in [0.1, 0.15) is 32.3 Å². The van der Waals surface area contributed by atoms with Crippen LogP contribution in [0.5, 0.6) is 5.75 Å². The van der Waals surface area contributed by atoms with Crippen LogP contribution in [0.25, 0.3) is 5.57 Å². The van der Waals surface area contributed by atoms with Crippen molar-refractivity contribution in [3.05, 3.63) is 35.5 Å². The minimum absolute atomic E-state index is 0.0852. The lowest BCUT2D eigenvalue weighted by molar-refractivity contribution is -0.136. The van der Waals surface area contributed by atoms with Gasteiger partial charge in [0, 0.05) is 20.1 Å². The van der Waals surface area contributed by atoms with Gasteiger partial charge >= 0.3 is 0 Å². The summed E-state index contributed by atoms with van der Waals surface area (Å²) in [5.74, 6) is 0.288. The molecule has 146 valence electrons. The monoisotopic (exact) mass is 371 g/mol. The smallest absolute Gasteiger partial charge is 0.277 e. The van der Waals surface area contributed by atoms with E-state index in [1.807, 2.05) is 50.1 Å². The zero-order chi connectivity index (χ0) is 19.7. The number of likely N-dealkylation sites (tertiary alicyclic amines) is 1. The molecular formula is C21H29N3O3. The van der Waals surface area contributed by atoms with E-state index in [1.54, 1.807) is 7.05 Å². The van der Waals surface area contributed by atoms with Crippen LogP contribution in [-0.4, -0.2) is 72.9 Å². The topological polar surface area (TPSA) is 53.1 Å². The van der Waals surface area contributed by atoms with Gasteiger partial charge in [-0.2, -0.15) is 0 Å². The van der Waals surface area contributed by atoms with Gasteiger partial charge in [0.1, 0.15) is 11.4 Å². The lowest BCUT2D eigenvalue weighted by atomic mass is 10.00. The van der Waals surface area contributed by atoms with E-state index in [9.17, 15) is 9.59 Å². The van der Waals surface area contributed by atoms with Crippen LogP contribution < -0.4 is 4.74 Å². The van der Waals surface area contributed by atoms with Gasteiger partial charge in [0.05, 0.1) is 11.7 Å². The molecule has 1 saturated heterocycles. The molecule has 27 heavy (non-hydrogen) atoms. The molecule has 0 N–H and O–H groups in total. The molecule has 3 rings (SSSR count). The second-order valence-electron chi connectivity index (χ2n) is 7.73. The van der Waals surface area contributed by atoms with E-state index in [4.69, 9.17) is 4.74 Å². The molecule has 2 amide bonds. The lowest BCUT2D eigenvalue weighted by Gasteiger charge is -2.36. The third kappa shape index (κ3) is 3.86. The molecule has 6 heteroatoms. The van der Waals surface area contributed by atoms with Gasteiger partial charge in [-0.05, 0) is 64.5 Å². The molecule has 1 fully saturated rings. The number of hydrogen-bond acceptors (Lipinski definition) is 5. The maximum atomic E-state index is 12.8. The van der Waals surface area contributed by atoms with Gasteiger partial charge in [0.25, 0.3) is 11.8 Å². The number of rotatable bonds is 5. The van der Waals surface area contributed by atoms with Gasteiger partial charge < -0.3 is 14.5 Å². The van der Waals surface area contributed by atoms with Crippen molar-refractivity contribution in [2.24, 2.45) is 0 Å². The molecule has 2 aliphatic rings. The van der Waals surface area contributed by atoms with Crippen LogP contribution in [0, 0.1) is 0 Å². The van der Waals surface area contributed by atoms with Crippen LogP contribution in [0.4, 0.5) is 0 Å². The Morgan fingerprint density at radius 1 is 1.04 bits per heavy atom. The Bertz CT molecular complexity index is 746. The fourth-order valence-corrected chi connectivity index (χ4v) is 3.75. The highest BCUT2D eigenvalue weighted by atomic mass is 16.5. The van der Waals surface area contributed by atoms with E-state index in [1.165, 1.54) is 4.90 Å². The lowest BCUT2D eigenvalue weighted by Crippen LogP contribution is -2.43. The summed E-state index contributed by atoms with van der Waals surface area (Å²) in [5.41, 5.74) is 1.75. The van der Waals surface area contributed by atoms with Crippen molar-refractivity contribution in [3.63, 3.8) is 0 Å². The number of imide groups is 1. The molecule has 0 radical (unpaired) electrons. The normalized spacial score (nSPS) is 19.4. The Morgan fingerprint density at radius 3 is 2.19 bits per heavy atom. The molecular weight excluding hydrogens is 342 g/mol. The number of amides is 2. The number of hydrogen-bond donors (Lipinski definition) is 0. The van der Waals surface area contributed by atoms with Crippen molar-refractivity contribution in [3.8, 4) is 5.75 Å². The predicted molar refractivity (Wildman–Crippen MR) is 105 cm³/mol. The van der Waals surface area contributed by atoms with Gasteiger partial charge in [0.15, 0.2) is 0 Å². The van der Waals surface area contributed by atoms with Crippen molar-refractivity contribution >= 4 is 17.4 Å². The standard InChI is InChI=1S/C21H29N3O3/c1-14(2)27-17-8-6-15(7-9-17)18-19(21(26)24(5)20(18)25)23(4)16-10-12-22(3)13-11-16/h6-9,14,16H,10-13H2,1-5H3. The summed E-state index contributed by atoms with van der Waals surface area (Å²) in [6.45, 7) is 5.94. The zero-order valence-corrected chi connectivity index (χ0v) is 16.9. The molecule has 0 bridgehead atoms. The van der Waals surface area contributed by atoms with Crippen LogP contribution in [0.3, 0.4) is 0 Å². The van der Waals surface area contributed by atoms with E-state index in [2.05, 4.69) is 11.9 Å². The second kappa shape index (κ2) is 7.72. The van der Waals surface area contributed by atoms with E-state index in [0.717, 1.165) is 37.2 Å². The fourth-order valence-electron chi connectivity index (χ4n) is 3.75. The molecule has 1 aromatic carbocycles. The number of benzene rings is 1. The van der Waals surface area contributed by atoms with Gasteiger partial charge in [-0.1, -0.05) is 12.1 Å². The highest BCUT2D eigenvalue weighted by Gasteiger charge is 2.40. The first-order valence-corrected chi connectivity index (χ1v) is 9.54. The highest BCUT2D eigenvalue weighted by Crippen LogP contribution is 2.33. The maximum absolute atomic E-state index is 12.8. The largest absolute Gasteiger partial charge is 0.491 e. The van der Waals surface area contributed by atoms with Crippen molar-refractivity contribution < 1.29 is 14.3 Å². The van der Waals surface area contributed by atoms with Gasteiger partial charge in [-0.25, -0.2) is 0 Å². The minimum atomic E-state index is -0.243. The second-order valence-corrected chi connectivity index (χ2v) is 7.73. The quantitative estimate of drug-likeness (QED) is 0.743. The van der Waals surface area contributed by atoms with Gasteiger partial charge in [0.2, 0.25) is 0 Å². The Kier molecular flexibility index (Phi) is 5.56. The number of likely N-dealkylation sites (N-methyl/N-ethyl adjacent to an activating group) is 2. The fraction of sp³-hybridized carbons (Fsp3) is 0.524. The Morgan fingerprint density at radius 2 is 1.63 bits per heavy atom. The van der Waals surface area contributed by atoms with Crippen LogP contribution in [0.2, 0.25) is 0 Å². The molecule has 2 heterocycles. The number of ether oxygens (including phenoxy) is 1. The highest BCUT2D eigenvalue weighted by molar-refractivity contribution is 6.35. The number of carbonyl (C=O) groups excluding carboxylic acids is 2. The van der Waals surface area contributed by atoms with Crippen LogP contribution >= 0.6 is 0 Å². The average Bonchev–Trinajstić information content (AvgIpc) is 2.86. The Labute approximate surface area is 161 Å². The molecule has 1 aromatic rings. The van der Waals surface area contributed by atoms with E-state index in [0.29, 0.717) is 11.3 Å². The Balaban J connectivity index is 1.94. The summed E-state index contributed by atoms with van der Waals surface area (Å²) < 4.78 is 5.69. The first-order valence-electron chi connectivity index (χ1n) is 9.54.